The number of hydrogen-bond acceptors (Lipinski definition) is 3. The number of aliphatic imine (C=N–C) groups is 1. The molecule has 0 spiro atoms. The van der Waals surface area contributed by atoms with Crippen LogP contribution in [0.25, 0.3) is 0 Å². The van der Waals surface area contributed by atoms with Crippen LogP contribution in [0.2, 0.25) is 0 Å². The first-order valence-corrected chi connectivity index (χ1v) is 8.48. The number of likely N-dealkylation sites (N-methyl/N-ethyl adjacent to an activating group) is 1. The highest BCUT2D eigenvalue weighted by molar-refractivity contribution is 5.77. The van der Waals surface area contributed by atoms with Gasteiger partial charge in [0.1, 0.15) is 12.4 Å². The zero-order chi connectivity index (χ0) is 18.3. The number of guanidine groups is 1. The van der Waals surface area contributed by atoms with Gasteiger partial charge in [0.15, 0.2) is 5.96 Å². The lowest BCUT2D eigenvalue weighted by atomic mass is 10.2. The lowest BCUT2D eigenvalue weighted by molar-refractivity contribution is -0.137. The second-order valence-corrected chi connectivity index (χ2v) is 5.95. The predicted molar refractivity (Wildman–Crippen MR) is 91.7 cm³/mol. The van der Waals surface area contributed by atoms with Crippen molar-refractivity contribution < 1.29 is 17.9 Å². The number of ether oxygens (including phenoxy) is 1. The van der Waals surface area contributed by atoms with Gasteiger partial charge in [-0.2, -0.15) is 13.2 Å². The minimum Gasteiger partial charge on any atom is -0.492 e. The molecular formula is C17H25F3N4O. The minimum absolute atomic E-state index is 0.284. The second kappa shape index (κ2) is 8.94. The number of nitrogens with two attached hydrogens (primary N) is 1. The van der Waals surface area contributed by atoms with E-state index < -0.39 is 11.7 Å². The van der Waals surface area contributed by atoms with E-state index in [2.05, 4.69) is 22.1 Å². The van der Waals surface area contributed by atoms with Crippen molar-refractivity contribution in [1.82, 2.24) is 10.2 Å². The number of likely N-dealkylation sites (tertiary alicyclic amines) is 1. The molecule has 8 heteroatoms. The molecule has 2 rings (SSSR count). The summed E-state index contributed by atoms with van der Waals surface area (Å²) in [6, 6.07) is 5.06. The van der Waals surface area contributed by atoms with Crippen LogP contribution in [0, 0.1) is 0 Å². The fourth-order valence-corrected chi connectivity index (χ4v) is 2.87. The summed E-state index contributed by atoms with van der Waals surface area (Å²) < 4.78 is 42.8. The Morgan fingerprint density at radius 1 is 1.36 bits per heavy atom. The molecule has 3 N–H and O–H groups in total. The molecule has 1 aromatic carbocycles. The molecule has 1 aromatic rings. The van der Waals surface area contributed by atoms with Crippen molar-refractivity contribution in [1.29, 1.82) is 0 Å². The molecule has 0 radical (unpaired) electrons. The zero-order valence-corrected chi connectivity index (χ0v) is 14.4. The largest absolute Gasteiger partial charge is 0.492 e. The molecule has 1 fully saturated rings. The van der Waals surface area contributed by atoms with Crippen molar-refractivity contribution in [3.8, 4) is 5.75 Å². The molecule has 0 bridgehead atoms. The van der Waals surface area contributed by atoms with E-state index in [1.807, 2.05) is 0 Å². The standard InChI is InChI=1S/C17H25F3N4O/c1-2-24-10-3-4-14(24)12-23-16(21)22-9-11-25-15-7-5-13(6-8-15)17(18,19)20/h5-8,14H,2-4,9-12H2,1H3,(H3,21,22,23). The summed E-state index contributed by atoms with van der Waals surface area (Å²) in [4.78, 5) is 6.74. The summed E-state index contributed by atoms with van der Waals surface area (Å²) in [6.45, 7) is 5.67. The van der Waals surface area contributed by atoms with E-state index in [9.17, 15) is 13.2 Å². The Bertz CT molecular complexity index is 560. The molecule has 1 unspecified atom stereocenters. The highest BCUT2D eigenvalue weighted by Crippen LogP contribution is 2.30. The average molecular weight is 358 g/mol. The third-order valence-electron chi connectivity index (χ3n) is 4.24. The van der Waals surface area contributed by atoms with E-state index in [1.165, 1.54) is 18.6 Å². The Hall–Kier alpha value is -1.96. The van der Waals surface area contributed by atoms with Crippen LogP contribution in [0.1, 0.15) is 25.3 Å². The van der Waals surface area contributed by atoms with E-state index in [1.54, 1.807) is 0 Å². The van der Waals surface area contributed by atoms with Crippen LogP contribution in [-0.4, -0.2) is 49.7 Å². The maximum atomic E-state index is 12.5. The van der Waals surface area contributed by atoms with Crippen molar-refractivity contribution in [3.05, 3.63) is 29.8 Å². The van der Waals surface area contributed by atoms with Crippen LogP contribution in [0.3, 0.4) is 0 Å². The third-order valence-corrected chi connectivity index (χ3v) is 4.24. The van der Waals surface area contributed by atoms with E-state index in [4.69, 9.17) is 10.5 Å². The monoisotopic (exact) mass is 358 g/mol. The maximum Gasteiger partial charge on any atom is 0.416 e. The molecule has 1 atom stereocenters. The highest BCUT2D eigenvalue weighted by atomic mass is 19.4. The number of benzene rings is 1. The number of halogens is 3. The van der Waals surface area contributed by atoms with Gasteiger partial charge in [-0.15, -0.1) is 0 Å². The van der Waals surface area contributed by atoms with E-state index in [0.29, 0.717) is 30.8 Å². The first-order valence-electron chi connectivity index (χ1n) is 8.48. The molecule has 0 amide bonds. The van der Waals surface area contributed by atoms with Gasteiger partial charge in [0.05, 0.1) is 18.7 Å². The topological polar surface area (TPSA) is 62.9 Å². The molecule has 0 saturated carbocycles. The van der Waals surface area contributed by atoms with Crippen molar-refractivity contribution in [2.24, 2.45) is 10.7 Å². The van der Waals surface area contributed by atoms with Crippen LogP contribution in [0.4, 0.5) is 13.2 Å². The molecular weight excluding hydrogens is 333 g/mol. The molecule has 0 aromatic heterocycles. The Morgan fingerprint density at radius 2 is 2.08 bits per heavy atom. The third kappa shape index (κ3) is 6.12. The van der Waals surface area contributed by atoms with Gasteiger partial charge in [-0.3, -0.25) is 9.89 Å². The Kier molecular flexibility index (Phi) is 6.92. The number of nitrogens with one attached hydrogen (secondary N) is 1. The summed E-state index contributed by atoms with van der Waals surface area (Å²) in [7, 11) is 0. The van der Waals surface area contributed by atoms with Crippen molar-refractivity contribution in [2.45, 2.75) is 32.0 Å². The Balaban J connectivity index is 1.67. The predicted octanol–water partition coefficient (Wildman–Crippen LogP) is 2.47. The summed E-state index contributed by atoms with van der Waals surface area (Å²) in [5.74, 6) is 0.744. The Morgan fingerprint density at radius 3 is 2.72 bits per heavy atom. The summed E-state index contributed by atoms with van der Waals surface area (Å²) >= 11 is 0. The minimum atomic E-state index is -4.34. The molecule has 1 heterocycles. The zero-order valence-electron chi connectivity index (χ0n) is 14.4. The first-order chi connectivity index (χ1) is 11.9. The van der Waals surface area contributed by atoms with Crippen molar-refractivity contribution in [3.63, 3.8) is 0 Å². The molecule has 5 nitrogen and oxygen atoms in total. The molecule has 0 aliphatic carbocycles. The number of hydrogen-bond donors (Lipinski definition) is 2. The van der Waals surface area contributed by atoms with Crippen LogP contribution in [-0.2, 0) is 6.18 Å². The van der Waals surface area contributed by atoms with Gasteiger partial charge in [-0.1, -0.05) is 6.92 Å². The SMILES string of the molecule is CCN1CCCC1CN=C(N)NCCOc1ccc(C(F)(F)F)cc1. The average Bonchev–Trinajstić information content (AvgIpc) is 3.04. The quantitative estimate of drug-likeness (QED) is 0.447. The van der Waals surface area contributed by atoms with Gasteiger partial charge in [0, 0.05) is 6.04 Å². The Labute approximate surface area is 146 Å². The normalized spacial score (nSPS) is 19.2. The highest BCUT2D eigenvalue weighted by Gasteiger charge is 2.30. The fourth-order valence-electron chi connectivity index (χ4n) is 2.87. The van der Waals surface area contributed by atoms with Crippen molar-refractivity contribution >= 4 is 5.96 Å². The molecule has 25 heavy (non-hydrogen) atoms. The van der Waals surface area contributed by atoms with Gasteiger partial charge in [0.2, 0.25) is 0 Å². The van der Waals surface area contributed by atoms with Crippen LogP contribution >= 0.6 is 0 Å². The van der Waals surface area contributed by atoms with Gasteiger partial charge in [-0.05, 0) is 50.2 Å². The molecule has 140 valence electrons. The van der Waals surface area contributed by atoms with E-state index in [-0.39, 0.29) is 6.61 Å². The molecule has 1 aliphatic heterocycles. The van der Waals surface area contributed by atoms with Crippen molar-refractivity contribution in [2.75, 3.05) is 32.8 Å². The van der Waals surface area contributed by atoms with E-state index >= 15 is 0 Å². The summed E-state index contributed by atoms with van der Waals surface area (Å²) in [6.07, 6.45) is -2.00. The summed E-state index contributed by atoms with van der Waals surface area (Å²) in [5, 5.41) is 2.95. The van der Waals surface area contributed by atoms with Gasteiger partial charge in [-0.25, -0.2) is 0 Å². The van der Waals surface area contributed by atoms with Crippen LogP contribution < -0.4 is 15.8 Å². The number of rotatable bonds is 7. The first kappa shape index (κ1) is 19.4. The number of alkyl halides is 3. The van der Waals surface area contributed by atoms with E-state index in [0.717, 1.165) is 31.6 Å². The summed E-state index contributed by atoms with van der Waals surface area (Å²) in [5.41, 5.74) is 5.13. The van der Waals surface area contributed by atoms with Gasteiger partial charge >= 0.3 is 6.18 Å². The fraction of sp³-hybridized carbons (Fsp3) is 0.588. The van der Waals surface area contributed by atoms with Crippen LogP contribution in [0.15, 0.2) is 29.3 Å². The number of nitrogens with zero attached hydrogens (tertiary/aromatic N) is 2. The molecule has 1 saturated heterocycles. The molecule has 1 aliphatic rings. The lowest BCUT2D eigenvalue weighted by Crippen LogP contribution is -2.37. The van der Waals surface area contributed by atoms with Gasteiger partial charge in [0.25, 0.3) is 0 Å². The van der Waals surface area contributed by atoms with Crippen LogP contribution in [0.5, 0.6) is 5.75 Å². The maximum absolute atomic E-state index is 12.5. The second-order valence-electron chi connectivity index (χ2n) is 5.95. The smallest absolute Gasteiger partial charge is 0.416 e. The van der Waals surface area contributed by atoms with Gasteiger partial charge < -0.3 is 15.8 Å². The lowest BCUT2D eigenvalue weighted by Gasteiger charge is -2.20.